The zero-order chi connectivity index (χ0) is 9.26. The van der Waals surface area contributed by atoms with E-state index < -0.39 is 0 Å². The lowest BCUT2D eigenvalue weighted by Gasteiger charge is -1.86. The van der Waals surface area contributed by atoms with Crippen LogP contribution in [0.4, 0.5) is 0 Å². The number of fused-ring (bicyclic) bond motifs is 1. The lowest BCUT2D eigenvalue weighted by molar-refractivity contribution is 0.618. The molecular formula is C8H5BrN4. The molecule has 1 aromatic heterocycles. The maximum atomic E-state index is 8.45. The highest BCUT2D eigenvalue weighted by Gasteiger charge is 2.04. The largest absolute Gasteiger partial charge is 0.196 e. The number of aromatic nitrogens is 3. The topological polar surface area (TPSA) is 54.5 Å². The van der Waals surface area contributed by atoms with Gasteiger partial charge in [-0.05, 0) is 28.1 Å². The van der Waals surface area contributed by atoms with Crippen molar-refractivity contribution in [2.45, 2.75) is 6.54 Å². The van der Waals surface area contributed by atoms with E-state index in [1.807, 2.05) is 24.3 Å². The molecule has 0 aliphatic carbocycles. The maximum Gasteiger partial charge on any atom is 0.147 e. The first kappa shape index (κ1) is 8.20. The molecule has 5 heteroatoms. The van der Waals surface area contributed by atoms with Crippen LogP contribution in [0.25, 0.3) is 11.0 Å². The second kappa shape index (κ2) is 3.15. The predicted molar refractivity (Wildman–Crippen MR) is 50.8 cm³/mol. The van der Waals surface area contributed by atoms with E-state index in [1.165, 1.54) is 4.80 Å². The molecule has 2 rings (SSSR count). The van der Waals surface area contributed by atoms with Crippen LogP contribution in [0.3, 0.4) is 0 Å². The van der Waals surface area contributed by atoms with Crippen molar-refractivity contribution in [2.75, 3.05) is 0 Å². The molecule has 1 aromatic carbocycles. The minimum absolute atomic E-state index is 0.182. The van der Waals surface area contributed by atoms with Gasteiger partial charge in [-0.1, -0.05) is 6.07 Å². The lowest BCUT2D eigenvalue weighted by Crippen LogP contribution is -1.99. The number of nitrogens with zero attached hydrogens (tertiary/aromatic N) is 4. The Balaban J connectivity index is 2.63. The molecule has 0 saturated heterocycles. The van der Waals surface area contributed by atoms with E-state index in [-0.39, 0.29) is 6.54 Å². The normalized spacial score (nSPS) is 10.2. The van der Waals surface area contributed by atoms with E-state index in [1.54, 1.807) is 0 Å². The molecule has 64 valence electrons. The fourth-order valence-corrected chi connectivity index (χ4v) is 1.51. The average Bonchev–Trinajstić information content (AvgIpc) is 2.49. The highest BCUT2D eigenvalue weighted by Crippen LogP contribution is 2.19. The third-order valence-electron chi connectivity index (χ3n) is 1.62. The van der Waals surface area contributed by atoms with Crippen molar-refractivity contribution < 1.29 is 0 Å². The summed E-state index contributed by atoms with van der Waals surface area (Å²) < 4.78 is 0.897. The van der Waals surface area contributed by atoms with E-state index in [9.17, 15) is 0 Å². The third kappa shape index (κ3) is 1.40. The summed E-state index contributed by atoms with van der Waals surface area (Å²) in [6.07, 6.45) is 0. The van der Waals surface area contributed by atoms with Crippen molar-refractivity contribution in [2.24, 2.45) is 0 Å². The van der Waals surface area contributed by atoms with Crippen LogP contribution in [-0.4, -0.2) is 15.0 Å². The molecule has 0 radical (unpaired) electrons. The van der Waals surface area contributed by atoms with Crippen LogP contribution < -0.4 is 0 Å². The van der Waals surface area contributed by atoms with Gasteiger partial charge in [-0.15, -0.1) is 0 Å². The molecule has 0 aliphatic rings. The number of rotatable bonds is 1. The minimum atomic E-state index is 0.182. The Labute approximate surface area is 82.9 Å². The standard InChI is InChI=1S/C8H5BrN4/c9-6-2-1-3-7-8(6)12-13(11-7)5-4-10/h1-3H,5H2. The second-order valence-electron chi connectivity index (χ2n) is 2.50. The number of hydrogen-bond acceptors (Lipinski definition) is 3. The van der Waals surface area contributed by atoms with E-state index in [0.29, 0.717) is 0 Å². The quantitative estimate of drug-likeness (QED) is 0.758. The van der Waals surface area contributed by atoms with E-state index in [0.717, 1.165) is 15.5 Å². The van der Waals surface area contributed by atoms with Crippen LogP contribution in [0.5, 0.6) is 0 Å². The summed E-state index contributed by atoms with van der Waals surface area (Å²) in [5.74, 6) is 0. The maximum absolute atomic E-state index is 8.45. The summed E-state index contributed by atoms with van der Waals surface area (Å²) in [6, 6.07) is 7.63. The van der Waals surface area contributed by atoms with Gasteiger partial charge in [0.15, 0.2) is 0 Å². The van der Waals surface area contributed by atoms with Crippen LogP contribution in [0.1, 0.15) is 0 Å². The molecule has 1 heterocycles. The van der Waals surface area contributed by atoms with Crippen LogP contribution in [0.2, 0.25) is 0 Å². The first-order valence-corrected chi connectivity index (χ1v) is 4.47. The summed E-state index contributed by atoms with van der Waals surface area (Å²) in [5, 5.41) is 16.7. The molecule has 0 aliphatic heterocycles. The fourth-order valence-electron chi connectivity index (χ4n) is 1.08. The molecule has 0 unspecified atom stereocenters. The van der Waals surface area contributed by atoms with Gasteiger partial charge in [0.25, 0.3) is 0 Å². The summed E-state index contributed by atoms with van der Waals surface area (Å²) in [4.78, 5) is 1.38. The van der Waals surface area contributed by atoms with Gasteiger partial charge in [0.2, 0.25) is 0 Å². The summed E-state index contributed by atoms with van der Waals surface area (Å²) in [7, 11) is 0. The van der Waals surface area contributed by atoms with Crippen molar-refractivity contribution in [3.63, 3.8) is 0 Å². The number of nitriles is 1. The van der Waals surface area contributed by atoms with E-state index in [2.05, 4.69) is 26.1 Å². The Kier molecular flexibility index (Phi) is 1.99. The van der Waals surface area contributed by atoms with E-state index in [4.69, 9.17) is 5.26 Å². The minimum Gasteiger partial charge on any atom is -0.196 e. The molecule has 0 atom stereocenters. The Morgan fingerprint density at radius 1 is 1.46 bits per heavy atom. The Morgan fingerprint density at radius 2 is 2.31 bits per heavy atom. The van der Waals surface area contributed by atoms with Crippen molar-refractivity contribution in [1.29, 1.82) is 5.26 Å². The molecule has 0 amide bonds. The third-order valence-corrected chi connectivity index (χ3v) is 2.26. The van der Waals surface area contributed by atoms with Crippen molar-refractivity contribution in [1.82, 2.24) is 15.0 Å². The van der Waals surface area contributed by atoms with Crippen LogP contribution in [-0.2, 0) is 6.54 Å². The molecule has 0 fully saturated rings. The predicted octanol–water partition coefficient (Wildman–Crippen LogP) is 1.72. The van der Waals surface area contributed by atoms with Gasteiger partial charge in [-0.25, -0.2) is 0 Å². The van der Waals surface area contributed by atoms with Crippen molar-refractivity contribution >= 4 is 27.0 Å². The molecule has 13 heavy (non-hydrogen) atoms. The van der Waals surface area contributed by atoms with Gasteiger partial charge >= 0.3 is 0 Å². The molecule has 0 spiro atoms. The average molecular weight is 237 g/mol. The number of halogens is 1. The monoisotopic (exact) mass is 236 g/mol. The molecule has 0 bridgehead atoms. The molecular weight excluding hydrogens is 232 g/mol. The Hall–Kier alpha value is -1.41. The first-order valence-electron chi connectivity index (χ1n) is 3.67. The zero-order valence-electron chi connectivity index (χ0n) is 6.61. The van der Waals surface area contributed by atoms with Crippen LogP contribution >= 0.6 is 15.9 Å². The molecule has 2 aromatic rings. The van der Waals surface area contributed by atoms with Gasteiger partial charge in [0.1, 0.15) is 17.6 Å². The smallest absolute Gasteiger partial charge is 0.147 e. The SMILES string of the molecule is N#CCn1nc2cccc(Br)c2n1. The Bertz CT molecular complexity index is 482. The second-order valence-corrected chi connectivity index (χ2v) is 3.35. The number of benzene rings is 1. The summed E-state index contributed by atoms with van der Waals surface area (Å²) >= 11 is 3.36. The Morgan fingerprint density at radius 3 is 3.00 bits per heavy atom. The number of hydrogen-bond donors (Lipinski definition) is 0. The highest BCUT2D eigenvalue weighted by atomic mass is 79.9. The summed E-state index contributed by atoms with van der Waals surface area (Å²) in [5.41, 5.74) is 1.59. The molecule has 0 saturated carbocycles. The summed E-state index contributed by atoms with van der Waals surface area (Å²) in [6.45, 7) is 0.182. The first-order chi connectivity index (χ1) is 6.31. The molecule has 0 N–H and O–H groups in total. The van der Waals surface area contributed by atoms with Gasteiger partial charge in [0.05, 0.1) is 6.07 Å². The van der Waals surface area contributed by atoms with Crippen molar-refractivity contribution in [3.05, 3.63) is 22.7 Å². The zero-order valence-corrected chi connectivity index (χ0v) is 8.19. The fraction of sp³-hybridized carbons (Fsp3) is 0.125. The van der Waals surface area contributed by atoms with Crippen LogP contribution in [0.15, 0.2) is 22.7 Å². The van der Waals surface area contributed by atoms with Gasteiger partial charge in [0, 0.05) is 4.47 Å². The van der Waals surface area contributed by atoms with Gasteiger partial charge in [-0.2, -0.15) is 20.3 Å². The van der Waals surface area contributed by atoms with Crippen molar-refractivity contribution in [3.8, 4) is 6.07 Å². The highest BCUT2D eigenvalue weighted by molar-refractivity contribution is 9.10. The lowest BCUT2D eigenvalue weighted by atomic mass is 10.3. The van der Waals surface area contributed by atoms with E-state index >= 15 is 0 Å². The molecule has 4 nitrogen and oxygen atoms in total. The van der Waals surface area contributed by atoms with Gasteiger partial charge in [-0.3, -0.25) is 0 Å². The van der Waals surface area contributed by atoms with Crippen LogP contribution in [0, 0.1) is 11.3 Å². The van der Waals surface area contributed by atoms with Gasteiger partial charge < -0.3 is 0 Å².